The van der Waals surface area contributed by atoms with Crippen molar-refractivity contribution in [3.8, 4) is 11.1 Å². The molecular formula is C31H19Br2N. The van der Waals surface area contributed by atoms with Crippen molar-refractivity contribution in [3.63, 3.8) is 0 Å². The van der Waals surface area contributed by atoms with Gasteiger partial charge in [0, 0.05) is 14.6 Å². The number of rotatable bonds is 1. The van der Waals surface area contributed by atoms with Gasteiger partial charge in [-0.2, -0.15) is 0 Å². The molecule has 0 aromatic heterocycles. The molecule has 162 valence electrons. The zero-order chi connectivity index (χ0) is 22.9. The van der Waals surface area contributed by atoms with E-state index in [9.17, 15) is 0 Å². The van der Waals surface area contributed by atoms with Gasteiger partial charge in [0.05, 0.1) is 16.8 Å². The molecule has 0 unspecified atom stereocenters. The van der Waals surface area contributed by atoms with Gasteiger partial charge in [0.2, 0.25) is 0 Å². The number of para-hydroxylation sites is 3. The van der Waals surface area contributed by atoms with E-state index in [1.165, 1.54) is 50.4 Å². The van der Waals surface area contributed by atoms with Crippen molar-refractivity contribution in [1.29, 1.82) is 0 Å². The van der Waals surface area contributed by atoms with Gasteiger partial charge in [-0.3, -0.25) is 0 Å². The van der Waals surface area contributed by atoms with Gasteiger partial charge < -0.3 is 4.90 Å². The van der Waals surface area contributed by atoms with Crippen molar-refractivity contribution in [3.05, 3.63) is 146 Å². The lowest BCUT2D eigenvalue weighted by atomic mass is 9.64. The molecule has 0 N–H and O–H groups in total. The second-order valence-electron chi connectivity index (χ2n) is 8.84. The topological polar surface area (TPSA) is 3.24 Å². The molecular weight excluding hydrogens is 546 g/mol. The lowest BCUT2D eigenvalue weighted by molar-refractivity contribution is 0.751. The van der Waals surface area contributed by atoms with Crippen LogP contribution in [0, 0.1) is 0 Å². The molecule has 3 heteroatoms. The van der Waals surface area contributed by atoms with E-state index >= 15 is 0 Å². The van der Waals surface area contributed by atoms with Gasteiger partial charge in [-0.05, 0) is 81.9 Å². The van der Waals surface area contributed by atoms with E-state index in [4.69, 9.17) is 0 Å². The summed E-state index contributed by atoms with van der Waals surface area (Å²) in [6.07, 6.45) is 0. The third-order valence-corrected chi connectivity index (χ3v) is 8.16. The first-order chi connectivity index (χ1) is 16.7. The molecule has 1 nitrogen and oxygen atoms in total. The number of fused-ring (bicyclic) bond motifs is 9. The minimum absolute atomic E-state index is 0.406. The van der Waals surface area contributed by atoms with Crippen LogP contribution in [0.3, 0.4) is 0 Å². The molecule has 5 aromatic rings. The number of halogens is 2. The third kappa shape index (κ3) is 2.60. The number of anilines is 3. The van der Waals surface area contributed by atoms with Gasteiger partial charge in [-0.1, -0.05) is 98.6 Å². The summed E-state index contributed by atoms with van der Waals surface area (Å²) in [5, 5.41) is 0. The Balaban J connectivity index is 1.68. The first-order valence-corrected chi connectivity index (χ1v) is 12.9. The van der Waals surface area contributed by atoms with Gasteiger partial charge in [-0.25, -0.2) is 0 Å². The summed E-state index contributed by atoms with van der Waals surface area (Å²) >= 11 is 7.57. The summed E-state index contributed by atoms with van der Waals surface area (Å²) in [4.78, 5) is 2.41. The second kappa shape index (κ2) is 7.43. The van der Waals surface area contributed by atoms with Crippen LogP contribution in [0.1, 0.15) is 22.3 Å². The van der Waals surface area contributed by atoms with E-state index in [1.807, 2.05) is 0 Å². The normalized spacial score (nSPS) is 14.4. The first-order valence-electron chi connectivity index (χ1n) is 11.3. The maximum absolute atomic E-state index is 3.78. The average Bonchev–Trinajstić information content (AvgIpc) is 3.14. The van der Waals surface area contributed by atoms with Crippen molar-refractivity contribution >= 4 is 48.9 Å². The Morgan fingerprint density at radius 1 is 0.471 bits per heavy atom. The highest BCUT2D eigenvalue weighted by atomic mass is 79.9. The van der Waals surface area contributed by atoms with E-state index in [0.29, 0.717) is 0 Å². The van der Waals surface area contributed by atoms with Gasteiger partial charge in [0.1, 0.15) is 0 Å². The van der Waals surface area contributed by atoms with E-state index < -0.39 is 5.41 Å². The summed E-state index contributed by atoms with van der Waals surface area (Å²) in [5.74, 6) is 0. The van der Waals surface area contributed by atoms with Gasteiger partial charge in [0.25, 0.3) is 0 Å². The van der Waals surface area contributed by atoms with Gasteiger partial charge in [-0.15, -0.1) is 0 Å². The molecule has 1 heterocycles. The van der Waals surface area contributed by atoms with Crippen molar-refractivity contribution in [2.75, 3.05) is 4.90 Å². The summed E-state index contributed by atoms with van der Waals surface area (Å²) in [6.45, 7) is 0. The minimum atomic E-state index is -0.406. The molecule has 0 saturated heterocycles. The molecule has 1 aliphatic heterocycles. The maximum Gasteiger partial charge on any atom is 0.0755 e. The highest BCUT2D eigenvalue weighted by Gasteiger charge is 2.51. The smallest absolute Gasteiger partial charge is 0.0755 e. The van der Waals surface area contributed by atoms with Crippen LogP contribution in [0.5, 0.6) is 0 Å². The fourth-order valence-electron chi connectivity index (χ4n) is 5.95. The predicted molar refractivity (Wildman–Crippen MR) is 147 cm³/mol. The first kappa shape index (κ1) is 20.3. The molecule has 0 amide bonds. The summed E-state index contributed by atoms with van der Waals surface area (Å²) < 4.78 is 2.19. The van der Waals surface area contributed by atoms with Crippen LogP contribution in [0.25, 0.3) is 11.1 Å². The fraction of sp³-hybridized carbons (Fsp3) is 0.0323. The predicted octanol–water partition coefficient (Wildman–Crippen LogP) is 9.36. The Morgan fingerprint density at radius 3 is 1.47 bits per heavy atom. The minimum Gasteiger partial charge on any atom is -0.310 e. The van der Waals surface area contributed by atoms with E-state index in [2.05, 4.69) is 152 Å². The standard InChI is InChI=1S/C31H19Br2N/c32-20-14-16-23-24-17-15-21(33)19-28(24)31(27(23)18-20)25-10-4-6-12-29(25)34(22-8-2-1-3-9-22)30-13-7-5-11-26(30)31/h1-19H. The molecule has 0 radical (unpaired) electrons. The fourth-order valence-corrected chi connectivity index (χ4v) is 6.67. The van der Waals surface area contributed by atoms with Gasteiger partial charge >= 0.3 is 0 Å². The number of benzene rings is 5. The monoisotopic (exact) mass is 563 g/mol. The molecule has 7 rings (SSSR count). The number of nitrogens with zero attached hydrogens (tertiary/aromatic N) is 1. The molecule has 0 atom stereocenters. The highest BCUT2D eigenvalue weighted by molar-refractivity contribution is 9.10. The van der Waals surface area contributed by atoms with Crippen molar-refractivity contribution in [2.24, 2.45) is 0 Å². The number of hydrogen-bond acceptors (Lipinski definition) is 1. The Morgan fingerprint density at radius 2 is 0.941 bits per heavy atom. The summed E-state index contributed by atoms with van der Waals surface area (Å²) in [7, 11) is 0. The second-order valence-corrected chi connectivity index (χ2v) is 10.7. The zero-order valence-corrected chi connectivity index (χ0v) is 21.3. The number of hydrogen-bond donors (Lipinski definition) is 0. The molecule has 0 bridgehead atoms. The van der Waals surface area contributed by atoms with Crippen molar-refractivity contribution in [1.82, 2.24) is 0 Å². The summed E-state index contributed by atoms with van der Waals surface area (Å²) in [5.41, 5.74) is 11.0. The molecule has 1 aliphatic carbocycles. The molecule has 0 saturated carbocycles. The lowest BCUT2D eigenvalue weighted by Crippen LogP contribution is -2.36. The Bertz CT molecular complexity index is 1490. The van der Waals surface area contributed by atoms with Crippen LogP contribution in [-0.2, 0) is 5.41 Å². The Labute approximate surface area is 216 Å². The van der Waals surface area contributed by atoms with E-state index in [-0.39, 0.29) is 0 Å². The van der Waals surface area contributed by atoms with Crippen LogP contribution in [-0.4, -0.2) is 0 Å². The van der Waals surface area contributed by atoms with Crippen molar-refractivity contribution in [2.45, 2.75) is 5.41 Å². The highest BCUT2D eigenvalue weighted by Crippen LogP contribution is 2.63. The third-order valence-electron chi connectivity index (χ3n) is 7.17. The van der Waals surface area contributed by atoms with Crippen LogP contribution in [0.15, 0.2) is 124 Å². The molecule has 1 spiro atoms. The van der Waals surface area contributed by atoms with E-state index in [0.717, 1.165) is 8.95 Å². The van der Waals surface area contributed by atoms with Crippen LogP contribution in [0.4, 0.5) is 17.1 Å². The SMILES string of the molecule is Brc1ccc2c(c1)C1(c3cc(Br)ccc3-2)c2ccccc2N(c2ccccc2)c2ccccc21. The molecule has 5 aromatic carbocycles. The van der Waals surface area contributed by atoms with Crippen LogP contribution < -0.4 is 4.90 Å². The van der Waals surface area contributed by atoms with Crippen LogP contribution in [0.2, 0.25) is 0 Å². The van der Waals surface area contributed by atoms with Gasteiger partial charge in [0.15, 0.2) is 0 Å². The lowest BCUT2D eigenvalue weighted by Gasteiger charge is -2.45. The quantitative estimate of drug-likeness (QED) is 0.192. The molecule has 2 aliphatic rings. The van der Waals surface area contributed by atoms with Crippen LogP contribution >= 0.6 is 31.9 Å². The molecule has 34 heavy (non-hydrogen) atoms. The van der Waals surface area contributed by atoms with Crippen molar-refractivity contribution < 1.29 is 0 Å². The molecule has 0 fully saturated rings. The van der Waals surface area contributed by atoms with E-state index in [1.54, 1.807) is 0 Å². The Hall–Kier alpha value is -3.14. The Kier molecular flexibility index (Phi) is 4.42. The maximum atomic E-state index is 3.78. The summed E-state index contributed by atoms with van der Waals surface area (Å²) in [6, 6.07) is 41.9. The largest absolute Gasteiger partial charge is 0.310 e. The average molecular weight is 565 g/mol. The zero-order valence-electron chi connectivity index (χ0n) is 18.2.